The van der Waals surface area contributed by atoms with Crippen molar-refractivity contribution < 1.29 is 10.0 Å². The fourth-order valence-corrected chi connectivity index (χ4v) is 2.58. The summed E-state index contributed by atoms with van der Waals surface area (Å²) in [6.45, 7) is 5.09. The van der Waals surface area contributed by atoms with E-state index in [2.05, 4.69) is 15.4 Å². The summed E-state index contributed by atoms with van der Waals surface area (Å²) >= 11 is 0. The van der Waals surface area contributed by atoms with Crippen molar-refractivity contribution >= 4 is 11.7 Å². The number of amides is 1. The van der Waals surface area contributed by atoms with Gasteiger partial charge in [-0.1, -0.05) is 17.3 Å². The Bertz CT molecular complexity index is 524. The first kappa shape index (κ1) is 15.3. The van der Waals surface area contributed by atoms with Gasteiger partial charge in [-0.05, 0) is 45.0 Å². The van der Waals surface area contributed by atoms with Crippen LogP contribution in [-0.2, 0) is 0 Å². The average Bonchev–Trinajstić information content (AvgIpc) is 2.99. The van der Waals surface area contributed by atoms with Gasteiger partial charge in [0.25, 0.3) is 5.91 Å². The molecule has 1 atom stereocenters. The fourth-order valence-electron chi connectivity index (χ4n) is 2.58. The van der Waals surface area contributed by atoms with Crippen molar-refractivity contribution in [2.24, 2.45) is 10.9 Å². The lowest BCUT2D eigenvalue weighted by molar-refractivity contribution is 0.0932. The van der Waals surface area contributed by atoms with Gasteiger partial charge in [0.1, 0.15) is 0 Å². The summed E-state index contributed by atoms with van der Waals surface area (Å²) in [5.74, 6) is -0.149. The van der Waals surface area contributed by atoms with Gasteiger partial charge in [0.05, 0.1) is 0 Å². The Morgan fingerprint density at radius 2 is 2.10 bits per heavy atom. The van der Waals surface area contributed by atoms with E-state index in [4.69, 9.17) is 10.9 Å². The summed E-state index contributed by atoms with van der Waals surface area (Å²) < 4.78 is 0. The van der Waals surface area contributed by atoms with Crippen LogP contribution in [0.3, 0.4) is 0 Å². The Labute approximate surface area is 124 Å². The highest BCUT2D eigenvalue weighted by Gasteiger charge is 2.16. The van der Waals surface area contributed by atoms with Gasteiger partial charge in [-0.2, -0.15) is 0 Å². The van der Waals surface area contributed by atoms with Crippen molar-refractivity contribution in [1.82, 2.24) is 10.2 Å². The number of nitrogens with two attached hydrogens (primary N) is 1. The van der Waals surface area contributed by atoms with Gasteiger partial charge < -0.3 is 21.2 Å². The van der Waals surface area contributed by atoms with E-state index in [9.17, 15) is 4.79 Å². The van der Waals surface area contributed by atoms with Gasteiger partial charge in [-0.3, -0.25) is 4.79 Å². The first-order chi connectivity index (χ1) is 10.1. The topological polar surface area (TPSA) is 91.0 Å². The maximum atomic E-state index is 12.2. The second kappa shape index (κ2) is 7.08. The maximum absolute atomic E-state index is 12.2. The smallest absolute Gasteiger partial charge is 0.251 e. The third-order valence-corrected chi connectivity index (χ3v) is 3.64. The monoisotopic (exact) mass is 290 g/mol. The standard InChI is InChI=1S/C15H22N4O2/c1-11(10-19-7-2-3-8-19)17-15(20)13-6-4-5-12(9-13)14(16)18-21/h4-6,9,11,21H,2-3,7-8,10H2,1H3,(H2,16,18)(H,17,20). The lowest BCUT2D eigenvalue weighted by atomic mass is 10.1. The predicted octanol–water partition coefficient (Wildman–Crippen LogP) is 0.995. The quantitative estimate of drug-likeness (QED) is 0.326. The van der Waals surface area contributed by atoms with Crippen LogP contribution < -0.4 is 11.1 Å². The zero-order valence-electron chi connectivity index (χ0n) is 12.2. The number of rotatable bonds is 5. The van der Waals surface area contributed by atoms with Gasteiger partial charge >= 0.3 is 0 Å². The minimum Gasteiger partial charge on any atom is -0.409 e. The van der Waals surface area contributed by atoms with Crippen molar-refractivity contribution in [3.63, 3.8) is 0 Å². The van der Waals surface area contributed by atoms with E-state index >= 15 is 0 Å². The number of carbonyl (C=O) groups is 1. The molecule has 21 heavy (non-hydrogen) atoms. The van der Waals surface area contributed by atoms with Gasteiger partial charge in [-0.15, -0.1) is 0 Å². The summed E-state index contributed by atoms with van der Waals surface area (Å²) in [5, 5.41) is 14.6. The second-order valence-corrected chi connectivity index (χ2v) is 5.45. The number of carbonyl (C=O) groups excluding carboxylic acids is 1. The summed E-state index contributed by atoms with van der Waals surface area (Å²) in [6.07, 6.45) is 2.48. The zero-order chi connectivity index (χ0) is 15.2. The Balaban J connectivity index is 1.96. The van der Waals surface area contributed by atoms with Crippen molar-refractivity contribution in [1.29, 1.82) is 0 Å². The fraction of sp³-hybridized carbons (Fsp3) is 0.467. The molecule has 1 fully saturated rings. The lowest BCUT2D eigenvalue weighted by Gasteiger charge is -2.21. The molecule has 1 aliphatic rings. The minimum absolute atomic E-state index is 0.00485. The summed E-state index contributed by atoms with van der Waals surface area (Å²) in [5.41, 5.74) is 6.57. The highest BCUT2D eigenvalue weighted by Crippen LogP contribution is 2.09. The van der Waals surface area contributed by atoms with Crippen LogP contribution in [0.5, 0.6) is 0 Å². The van der Waals surface area contributed by atoms with Gasteiger partial charge in [-0.25, -0.2) is 0 Å². The molecule has 6 heteroatoms. The third-order valence-electron chi connectivity index (χ3n) is 3.64. The molecule has 0 spiro atoms. The van der Waals surface area contributed by atoms with Crippen LogP contribution in [0.4, 0.5) is 0 Å². The highest BCUT2D eigenvalue weighted by molar-refractivity contribution is 6.01. The van der Waals surface area contributed by atoms with Crippen molar-refractivity contribution in [3.05, 3.63) is 35.4 Å². The molecule has 0 aromatic heterocycles. The summed E-state index contributed by atoms with van der Waals surface area (Å²) in [4.78, 5) is 14.6. The predicted molar refractivity (Wildman–Crippen MR) is 81.6 cm³/mol. The van der Waals surface area contributed by atoms with Crippen molar-refractivity contribution in [2.75, 3.05) is 19.6 Å². The molecule has 1 aromatic rings. The first-order valence-corrected chi connectivity index (χ1v) is 7.21. The Kier molecular flexibility index (Phi) is 5.16. The number of hydrogen-bond acceptors (Lipinski definition) is 4. The molecule has 0 radical (unpaired) electrons. The number of benzene rings is 1. The molecular weight excluding hydrogens is 268 g/mol. The number of hydrogen-bond donors (Lipinski definition) is 3. The average molecular weight is 290 g/mol. The van der Waals surface area contributed by atoms with Gasteiger partial charge in [0.2, 0.25) is 0 Å². The van der Waals surface area contributed by atoms with Crippen LogP contribution in [0.15, 0.2) is 29.4 Å². The van der Waals surface area contributed by atoms with Gasteiger partial charge in [0.15, 0.2) is 5.84 Å². The number of nitrogens with one attached hydrogen (secondary N) is 1. The Morgan fingerprint density at radius 3 is 2.76 bits per heavy atom. The SMILES string of the molecule is CC(CN1CCCC1)NC(=O)c1cccc(C(N)=NO)c1. The summed E-state index contributed by atoms with van der Waals surface area (Å²) in [6, 6.07) is 6.83. The van der Waals surface area contributed by atoms with E-state index in [1.165, 1.54) is 12.8 Å². The summed E-state index contributed by atoms with van der Waals surface area (Å²) in [7, 11) is 0. The zero-order valence-corrected chi connectivity index (χ0v) is 12.2. The van der Waals surface area contributed by atoms with Crippen LogP contribution in [0, 0.1) is 0 Å². The molecule has 4 N–H and O–H groups in total. The van der Waals surface area contributed by atoms with Crippen LogP contribution >= 0.6 is 0 Å². The maximum Gasteiger partial charge on any atom is 0.251 e. The molecule has 0 bridgehead atoms. The molecule has 114 valence electrons. The normalized spacial score (nSPS) is 17.7. The Morgan fingerprint density at radius 1 is 1.43 bits per heavy atom. The molecular formula is C15H22N4O2. The number of likely N-dealkylation sites (tertiary alicyclic amines) is 1. The van der Waals surface area contributed by atoms with Crippen LogP contribution in [0.2, 0.25) is 0 Å². The molecule has 1 unspecified atom stereocenters. The van der Waals surface area contributed by atoms with E-state index in [0.717, 1.165) is 19.6 Å². The molecule has 1 amide bonds. The van der Waals surface area contributed by atoms with Crippen LogP contribution in [0.25, 0.3) is 0 Å². The molecule has 0 saturated carbocycles. The largest absolute Gasteiger partial charge is 0.409 e. The van der Waals surface area contributed by atoms with Gasteiger partial charge in [0, 0.05) is 23.7 Å². The van der Waals surface area contributed by atoms with Crippen LogP contribution in [-0.4, -0.2) is 47.5 Å². The minimum atomic E-state index is -0.144. The number of nitrogens with zero attached hydrogens (tertiary/aromatic N) is 2. The molecule has 1 heterocycles. The van der Waals surface area contributed by atoms with Crippen molar-refractivity contribution in [3.8, 4) is 0 Å². The molecule has 0 aliphatic carbocycles. The van der Waals surface area contributed by atoms with Crippen molar-refractivity contribution in [2.45, 2.75) is 25.8 Å². The molecule has 1 aromatic carbocycles. The van der Waals surface area contributed by atoms with E-state index < -0.39 is 0 Å². The Hall–Kier alpha value is -2.08. The molecule has 6 nitrogen and oxygen atoms in total. The number of amidine groups is 1. The third kappa shape index (κ3) is 4.19. The molecule has 1 aliphatic heterocycles. The molecule has 2 rings (SSSR count). The van der Waals surface area contributed by atoms with E-state index in [0.29, 0.717) is 11.1 Å². The highest BCUT2D eigenvalue weighted by atomic mass is 16.4. The van der Waals surface area contributed by atoms with E-state index in [1.54, 1.807) is 24.3 Å². The molecule has 1 saturated heterocycles. The number of oxime groups is 1. The van der Waals surface area contributed by atoms with Crippen LogP contribution in [0.1, 0.15) is 35.7 Å². The van der Waals surface area contributed by atoms with E-state index in [-0.39, 0.29) is 17.8 Å². The van der Waals surface area contributed by atoms with E-state index in [1.807, 2.05) is 6.92 Å². The lowest BCUT2D eigenvalue weighted by Crippen LogP contribution is -2.41. The second-order valence-electron chi connectivity index (χ2n) is 5.45. The first-order valence-electron chi connectivity index (χ1n) is 7.21.